The Balaban J connectivity index is 1.22. The number of amides is 2. The summed E-state index contributed by atoms with van der Waals surface area (Å²) < 4.78 is 5.85. The van der Waals surface area contributed by atoms with Gasteiger partial charge in [0.05, 0.1) is 17.4 Å². The quantitative estimate of drug-likeness (QED) is 0.159. The lowest BCUT2D eigenvalue weighted by Gasteiger charge is -2.38. The predicted molar refractivity (Wildman–Crippen MR) is 179 cm³/mol. The number of ether oxygens (including phenoxy) is 1. The molecule has 0 aliphatic carbocycles. The number of rotatable bonds is 14. The van der Waals surface area contributed by atoms with Gasteiger partial charge < -0.3 is 20.1 Å². The Hall–Kier alpha value is -4.57. The van der Waals surface area contributed by atoms with Crippen molar-refractivity contribution in [2.75, 3.05) is 19.7 Å². The molecule has 0 bridgehead atoms. The van der Waals surface area contributed by atoms with Gasteiger partial charge in [0.15, 0.2) is 5.82 Å². The summed E-state index contributed by atoms with van der Waals surface area (Å²) in [6.07, 6.45) is 6.87. The molecule has 0 radical (unpaired) electrons. The second-order valence-electron chi connectivity index (χ2n) is 12.0. The van der Waals surface area contributed by atoms with E-state index in [0.717, 1.165) is 52.1 Å². The zero-order valence-corrected chi connectivity index (χ0v) is 27.3. The van der Waals surface area contributed by atoms with Crippen LogP contribution < -0.4 is 10.1 Å². The monoisotopic (exact) mass is 640 g/mol. The van der Waals surface area contributed by atoms with Crippen molar-refractivity contribution in [3.05, 3.63) is 88.4 Å². The Morgan fingerprint density at radius 3 is 2.24 bits per heavy atom. The average Bonchev–Trinajstić information content (AvgIpc) is 3.52. The van der Waals surface area contributed by atoms with Gasteiger partial charge >= 0.3 is 5.97 Å². The molecule has 0 spiro atoms. The van der Waals surface area contributed by atoms with E-state index in [-0.39, 0.29) is 31.3 Å². The third kappa shape index (κ3) is 8.37. The van der Waals surface area contributed by atoms with Crippen molar-refractivity contribution >= 4 is 29.1 Å². The number of carbonyl (C=O) groups excluding carboxylic acids is 2. The highest BCUT2D eigenvalue weighted by Gasteiger charge is 2.38. The van der Waals surface area contributed by atoms with E-state index in [4.69, 9.17) is 4.74 Å². The molecule has 2 aromatic carbocycles. The van der Waals surface area contributed by atoms with Gasteiger partial charge in [0.2, 0.25) is 5.91 Å². The number of nitrogens with one attached hydrogen (secondary N) is 1. The first-order valence-corrected chi connectivity index (χ1v) is 16.6. The second-order valence-corrected chi connectivity index (χ2v) is 13.2. The number of carboxylic acid groups (broad SMARTS) is 1. The molecule has 10 heteroatoms. The zero-order valence-electron chi connectivity index (χ0n) is 26.4. The van der Waals surface area contributed by atoms with E-state index >= 15 is 0 Å². The van der Waals surface area contributed by atoms with Gasteiger partial charge in [-0.3, -0.25) is 14.4 Å². The number of hydrogen-bond donors (Lipinski definition) is 2. The summed E-state index contributed by atoms with van der Waals surface area (Å²) in [5.41, 5.74) is 3.57. The topological polar surface area (TPSA) is 122 Å². The predicted octanol–water partition coefficient (Wildman–Crippen LogP) is 6.13. The molecule has 3 heterocycles. The Kier molecular flexibility index (Phi) is 10.8. The first kappa shape index (κ1) is 32.8. The van der Waals surface area contributed by atoms with Gasteiger partial charge in [-0.15, -0.1) is 11.3 Å². The molecule has 1 aliphatic rings. The van der Waals surface area contributed by atoms with Gasteiger partial charge in [-0.05, 0) is 60.6 Å². The van der Waals surface area contributed by atoms with Crippen LogP contribution in [-0.4, -0.2) is 63.5 Å². The van der Waals surface area contributed by atoms with Crippen molar-refractivity contribution < 1.29 is 24.2 Å². The molecule has 9 nitrogen and oxygen atoms in total. The molecule has 2 amide bonds. The highest BCUT2D eigenvalue weighted by Crippen LogP contribution is 2.25. The minimum absolute atomic E-state index is 0.141. The lowest BCUT2D eigenvalue weighted by Crippen LogP contribution is -2.59. The van der Waals surface area contributed by atoms with Crippen LogP contribution in [0.25, 0.3) is 22.5 Å². The Morgan fingerprint density at radius 1 is 0.957 bits per heavy atom. The third-order valence-corrected chi connectivity index (χ3v) is 9.29. The lowest BCUT2D eigenvalue weighted by molar-refractivity contribution is -0.153. The van der Waals surface area contributed by atoms with Crippen LogP contribution in [0.5, 0.6) is 5.75 Å². The molecule has 5 rings (SSSR count). The first-order valence-electron chi connectivity index (χ1n) is 15.8. The average molecular weight is 641 g/mol. The Bertz CT molecular complexity index is 1630. The normalized spacial score (nSPS) is 13.7. The van der Waals surface area contributed by atoms with Crippen molar-refractivity contribution in [2.24, 2.45) is 11.8 Å². The number of benzene rings is 2. The number of aromatic nitrogens is 2. The fourth-order valence-corrected chi connectivity index (χ4v) is 6.08. The SMILES string of the molecule is CCc1ccc(C(=O)N[C@@H](Cc2ccc(-c3ncc(-c4ccc(OCCCC(C)C)cc4)cn3)cc2)C(=O)N2CC(C(=O)O)C2)s1. The third-order valence-electron chi connectivity index (χ3n) is 8.07. The summed E-state index contributed by atoms with van der Waals surface area (Å²) in [6, 6.07) is 18.4. The maximum atomic E-state index is 13.4. The van der Waals surface area contributed by atoms with Gasteiger partial charge in [0.1, 0.15) is 11.8 Å². The first-order chi connectivity index (χ1) is 22.2. The summed E-state index contributed by atoms with van der Waals surface area (Å²) in [5, 5.41) is 12.2. The molecule has 1 saturated heterocycles. The maximum absolute atomic E-state index is 13.4. The minimum Gasteiger partial charge on any atom is -0.494 e. The van der Waals surface area contributed by atoms with Crippen LogP contribution in [0.2, 0.25) is 0 Å². The number of thiophene rings is 1. The molecule has 2 aromatic heterocycles. The Morgan fingerprint density at radius 2 is 1.63 bits per heavy atom. The Labute approximate surface area is 273 Å². The number of aryl methyl sites for hydroxylation is 1. The molecule has 0 saturated carbocycles. The minimum atomic E-state index is -0.920. The van der Waals surface area contributed by atoms with Crippen LogP contribution in [-0.2, 0) is 22.4 Å². The zero-order chi connectivity index (χ0) is 32.6. The molecular weight excluding hydrogens is 600 g/mol. The van der Waals surface area contributed by atoms with Crippen molar-refractivity contribution in [1.29, 1.82) is 0 Å². The number of likely N-dealkylation sites (tertiary alicyclic amines) is 1. The molecule has 2 N–H and O–H groups in total. The van der Waals surface area contributed by atoms with Gasteiger partial charge in [0, 0.05) is 47.9 Å². The van der Waals surface area contributed by atoms with E-state index in [1.807, 2.05) is 61.5 Å². The lowest BCUT2D eigenvalue weighted by atomic mass is 9.97. The number of hydrogen-bond acceptors (Lipinski definition) is 7. The molecule has 46 heavy (non-hydrogen) atoms. The van der Waals surface area contributed by atoms with E-state index in [0.29, 0.717) is 23.2 Å². The van der Waals surface area contributed by atoms with Gasteiger partial charge in [-0.25, -0.2) is 9.97 Å². The molecule has 240 valence electrons. The standard InChI is InChI=1S/C36H40N4O5S/c1-4-30-15-16-32(46-30)34(41)39-31(35(42)40-21-28(22-40)36(43)44)18-24-7-9-26(10-8-24)33-37-19-27(20-38-33)25-11-13-29(14-12-25)45-17-5-6-23(2)3/h7-16,19-20,23,28,31H,4-6,17-18,21-22H2,1-3H3,(H,39,41)(H,43,44)/t31-/m0/s1. The summed E-state index contributed by atoms with van der Waals surface area (Å²) >= 11 is 1.40. The molecule has 1 atom stereocenters. The summed E-state index contributed by atoms with van der Waals surface area (Å²) in [4.78, 5) is 50.0. The van der Waals surface area contributed by atoms with Gasteiger partial charge in [-0.2, -0.15) is 0 Å². The highest BCUT2D eigenvalue weighted by atomic mass is 32.1. The van der Waals surface area contributed by atoms with Crippen LogP contribution in [0.3, 0.4) is 0 Å². The van der Waals surface area contributed by atoms with Crippen LogP contribution in [0.4, 0.5) is 0 Å². The van der Waals surface area contributed by atoms with Gasteiger partial charge in [0.25, 0.3) is 5.91 Å². The van der Waals surface area contributed by atoms with Crippen molar-refractivity contribution in [3.63, 3.8) is 0 Å². The molecule has 1 fully saturated rings. The van der Waals surface area contributed by atoms with Crippen LogP contribution in [0, 0.1) is 11.8 Å². The number of carbonyl (C=O) groups is 3. The summed E-state index contributed by atoms with van der Waals surface area (Å²) in [6.45, 7) is 7.44. The van der Waals surface area contributed by atoms with E-state index in [1.165, 1.54) is 16.2 Å². The molecule has 0 unspecified atom stereocenters. The maximum Gasteiger partial charge on any atom is 0.310 e. The smallest absolute Gasteiger partial charge is 0.310 e. The fourth-order valence-electron chi connectivity index (χ4n) is 5.23. The number of carboxylic acids is 1. The van der Waals surface area contributed by atoms with E-state index in [2.05, 4.69) is 29.1 Å². The van der Waals surface area contributed by atoms with Crippen LogP contribution in [0.1, 0.15) is 53.7 Å². The van der Waals surface area contributed by atoms with Crippen molar-refractivity contribution in [1.82, 2.24) is 20.2 Å². The van der Waals surface area contributed by atoms with Crippen molar-refractivity contribution in [3.8, 4) is 28.3 Å². The van der Waals surface area contributed by atoms with Gasteiger partial charge in [-0.1, -0.05) is 57.2 Å². The van der Waals surface area contributed by atoms with Crippen LogP contribution >= 0.6 is 11.3 Å². The second kappa shape index (κ2) is 15.1. The van der Waals surface area contributed by atoms with E-state index in [1.54, 1.807) is 18.5 Å². The molecule has 4 aromatic rings. The van der Waals surface area contributed by atoms with E-state index < -0.39 is 17.9 Å². The summed E-state index contributed by atoms with van der Waals surface area (Å²) in [7, 11) is 0. The molecular formula is C36H40N4O5S. The van der Waals surface area contributed by atoms with Crippen molar-refractivity contribution in [2.45, 2.75) is 52.5 Å². The molecule has 1 aliphatic heterocycles. The fraction of sp³-hybridized carbons (Fsp3) is 0.361. The number of aliphatic carboxylic acids is 1. The van der Waals surface area contributed by atoms with Crippen LogP contribution in [0.15, 0.2) is 73.1 Å². The van der Waals surface area contributed by atoms with E-state index in [9.17, 15) is 19.5 Å². The number of nitrogens with zero attached hydrogens (tertiary/aromatic N) is 3. The highest BCUT2D eigenvalue weighted by molar-refractivity contribution is 7.14. The summed E-state index contributed by atoms with van der Waals surface area (Å²) in [5.74, 6) is 0.00180. The largest absolute Gasteiger partial charge is 0.494 e.